The van der Waals surface area contributed by atoms with Crippen molar-refractivity contribution in [3.8, 4) is 0 Å². The Morgan fingerprint density at radius 2 is 2.00 bits per heavy atom. The fourth-order valence-corrected chi connectivity index (χ4v) is 3.15. The van der Waals surface area contributed by atoms with Gasteiger partial charge in [-0.3, -0.25) is 9.59 Å². The molecule has 0 saturated heterocycles. The molecule has 0 unspecified atom stereocenters. The highest BCUT2D eigenvalue weighted by atomic mass is 16.3. The maximum Gasteiger partial charge on any atom is 0.287 e. The Kier molecular flexibility index (Phi) is 4.76. The van der Waals surface area contributed by atoms with Gasteiger partial charge in [0.1, 0.15) is 11.4 Å². The quantitative estimate of drug-likeness (QED) is 0.560. The number of H-pyrrole nitrogens is 1. The number of hydrogen-bond donors (Lipinski definition) is 2. The van der Waals surface area contributed by atoms with Crippen molar-refractivity contribution in [2.24, 2.45) is 0 Å². The largest absolute Gasteiger partial charge is 0.451 e. The molecule has 4 aromatic rings. The molecule has 28 heavy (non-hydrogen) atoms. The number of amides is 1. The molecule has 0 saturated carbocycles. The minimum Gasteiger partial charge on any atom is -0.451 e. The van der Waals surface area contributed by atoms with E-state index in [0.29, 0.717) is 17.4 Å². The Hall–Kier alpha value is -3.67. The first-order valence-electron chi connectivity index (χ1n) is 8.99. The number of carbonyl (C=O) groups excluding carboxylic acids is 1. The second-order valence-electron chi connectivity index (χ2n) is 6.65. The van der Waals surface area contributed by atoms with Crippen molar-refractivity contribution in [1.29, 1.82) is 0 Å². The Morgan fingerprint density at radius 1 is 1.18 bits per heavy atom. The summed E-state index contributed by atoms with van der Waals surface area (Å²) in [5, 5.41) is 3.42. The molecule has 2 N–H and O–H groups in total. The van der Waals surface area contributed by atoms with Crippen LogP contribution in [0.4, 0.5) is 0 Å². The summed E-state index contributed by atoms with van der Waals surface area (Å²) in [6, 6.07) is 15.8. The van der Waals surface area contributed by atoms with E-state index in [1.807, 2.05) is 43.3 Å². The van der Waals surface area contributed by atoms with Crippen LogP contribution in [0.25, 0.3) is 11.0 Å². The predicted molar refractivity (Wildman–Crippen MR) is 106 cm³/mol. The molecule has 2 aromatic heterocycles. The van der Waals surface area contributed by atoms with Gasteiger partial charge in [-0.15, -0.1) is 0 Å². The molecular weight excluding hydrogens is 354 g/mol. The van der Waals surface area contributed by atoms with E-state index in [2.05, 4.69) is 15.3 Å². The van der Waals surface area contributed by atoms with Crippen LogP contribution in [0.3, 0.4) is 0 Å². The number of rotatable bonds is 5. The topological polar surface area (TPSA) is 88.0 Å². The van der Waals surface area contributed by atoms with Crippen molar-refractivity contribution in [2.45, 2.75) is 19.4 Å². The number of fused-ring (bicyclic) bond motifs is 1. The van der Waals surface area contributed by atoms with E-state index in [0.717, 1.165) is 17.0 Å². The zero-order valence-electron chi connectivity index (χ0n) is 15.3. The third kappa shape index (κ3) is 3.71. The molecule has 0 aliphatic rings. The van der Waals surface area contributed by atoms with Crippen LogP contribution in [0.2, 0.25) is 0 Å². The molecule has 2 heterocycles. The highest BCUT2D eigenvalue weighted by Gasteiger charge is 2.20. The second-order valence-corrected chi connectivity index (χ2v) is 6.65. The second kappa shape index (κ2) is 7.52. The van der Waals surface area contributed by atoms with Crippen molar-refractivity contribution in [3.63, 3.8) is 0 Å². The van der Waals surface area contributed by atoms with E-state index >= 15 is 0 Å². The van der Waals surface area contributed by atoms with Crippen molar-refractivity contribution < 1.29 is 9.21 Å². The molecule has 2 aromatic carbocycles. The lowest BCUT2D eigenvalue weighted by Crippen LogP contribution is -2.30. The average molecular weight is 373 g/mol. The van der Waals surface area contributed by atoms with Gasteiger partial charge in [-0.25, -0.2) is 4.98 Å². The SMILES string of the molecule is Cc1ccc2oc(C(=O)N[C@@H](Cc3ncc[nH]3)c3ccccc3)cc(=O)c2c1. The van der Waals surface area contributed by atoms with Crippen molar-refractivity contribution in [3.05, 3.63) is 99.9 Å². The number of aromatic nitrogens is 2. The monoisotopic (exact) mass is 373 g/mol. The number of hydrogen-bond acceptors (Lipinski definition) is 4. The molecule has 6 nitrogen and oxygen atoms in total. The summed E-state index contributed by atoms with van der Waals surface area (Å²) >= 11 is 0. The van der Waals surface area contributed by atoms with Crippen LogP contribution < -0.4 is 10.7 Å². The molecule has 1 amide bonds. The van der Waals surface area contributed by atoms with E-state index < -0.39 is 5.91 Å². The number of nitrogens with zero attached hydrogens (tertiary/aromatic N) is 1. The summed E-state index contributed by atoms with van der Waals surface area (Å²) in [5.74, 6) is 0.298. The first-order valence-corrected chi connectivity index (χ1v) is 8.99. The zero-order valence-corrected chi connectivity index (χ0v) is 15.3. The Bertz CT molecular complexity index is 1160. The van der Waals surface area contributed by atoms with Gasteiger partial charge >= 0.3 is 0 Å². The van der Waals surface area contributed by atoms with Crippen LogP contribution in [0, 0.1) is 6.92 Å². The Labute approximate surface area is 161 Å². The van der Waals surface area contributed by atoms with Gasteiger partial charge in [-0.1, -0.05) is 42.0 Å². The minimum absolute atomic E-state index is 0.0123. The lowest BCUT2D eigenvalue weighted by atomic mass is 10.0. The molecular formula is C22H19N3O3. The van der Waals surface area contributed by atoms with Crippen LogP contribution >= 0.6 is 0 Å². The Morgan fingerprint density at radius 3 is 2.75 bits per heavy atom. The normalized spacial score (nSPS) is 12.0. The lowest BCUT2D eigenvalue weighted by molar-refractivity contribution is 0.0908. The lowest BCUT2D eigenvalue weighted by Gasteiger charge is -2.18. The van der Waals surface area contributed by atoms with Crippen molar-refractivity contribution >= 4 is 16.9 Å². The van der Waals surface area contributed by atoms with Crippen molar-refractivity contribution in [2.75, 3.05) is 0 Å². The fraction of sp³-hybridized carbons (Fsp3) is 0.136. The highest BCUT2D eigenvalue weighted by molar-refractivity contribution is 5.93. The number of aromatic amines is 1. The summed E-state index contributed by atoms with van der Waals surface area (Å²) in [6.45, 7) is 1.90. The summed E-state index contributed by atoms with van der Waals surface area (Å²) in [6.07, 6.45) is 3.90. The van der Waals surface area contributed by atoms with E-state index in [1.165, 1.54) is 6.07 Å². The van der Waals surface area contributed by atoms with Crippen LogP contribution in [0.5, 0.6) is 0 Å². The summed E-state index contributed by atoms with van der Waals surface area (Å²) in [4.78, 5) is 32.6. The molecule has 0 spiro atoms. The minimum atomic E-state index is -0.444. The maximum atomic E-state index is 12.8. The molecule has 0 fully saturated rings. The van der Waals surface area contributed by atoms with Gasteiger partial charge < -0.3 is 14.7 Å². The van der Waals surface area contributed by atoms with Crippen LogP contribution in [-0.4, -0.2) is 15.9 Å². The van der Waals surface area contributed by atoms with E-state index in [1.54, 1.807) is 24.5 Å². The molecule has 0 aliphatic heterocycles. The molecule has 0 bridgehead atoms. The number of benzene rings is 2. The number of nitrogens with one attached hydrogen (secondary N) is 2. The third-order valence-corrected chi connectivity index (χ3v) is 4.57. The molecule has 140 valence electrons. The van der Waals surface area contributed by atoms with Gasteiger partial charge in [0.2, 0.25) is 0 Å². The fourth-order valence-electron chi connectivity index (χ4n) is 3.15. The van der Waals surface area contributed by atoms with E-state index in [4.69, 9.17) is 4.42 Å². The highest BCUT2D eigenvalue weighted by Crippen LogP contribution is 2.19. The molecule has 0 radical (unpaired) electrons. The number of carbonyl (C=O) groups is 1. The predicted octanol–water partition coefficient (Wildman–Crippen LogP) is 3.54. The van der Waals surface area contributed by atoms with Gasteiger partial charge in [0.05, 0.1) is 11.4 Å². The van der Waals surface area contributed by atoms with Gasteiger partial charge in [-0.2, -0.15) is 0 Å². The van der Waals surface area contributed by atoms with E-state index in [9.17, 15) is 9.59 Å². The molecule has 4 rings (SSSR count). The van der Waals surface area contributed by atoms with Crippen LogP contribution in [0.1, 0.15) is 33.5 Å². The maximum absolute atomic E-state index is 12.8. The standard InChI is InChI=1S/C22H19N3O3/c1-14-7-8-19-16(11-14)18(26)13-20(28-19)22(27)25-17(12-21-23-9-10-24-21)15-5-3-2-4-6-15/h2-11,13,17H,12H2,1H3,(H,23,24)(H,25,27)/t17-/m0/s1. The van der Waals surface area contributed by atoms with Gasteiger partial charge in [0.25, 0.3) is 5.91 Å². The van der Waals surface area contributed by atoms with Crippen molar-refractivity contribution in [1.82, 2.24) is 15.3 Å². The molecule has 0 aliphatic carbocycles. The molecule has 1 atom stereocenters. The van der Waals surface area contributed by atoms with Crippen LogP contribution in [0.15, 0.2) is 76.2 Å². The van der Waals surface area contributed by atoms with E-state index in [-0.39, 0.29) is 17.2 Å². The first kappa shape index (κ1) is 17.7. The third-order valence-electron chi connectivity index (χ3n) is 4.57. The smallest absolute Gasteiger partial charge is 0.287 e. The number of aryl methyl sites for hydroxylation is 1. The summed E-state index contributed by atoms with van der Waals surface area (Å²) in [7, 11) is 0. The first-order chi connectivity index (χ1) is 13.6. The van der Waals surface area contributed by atoms with Gasteiger partial charge in [-0.05, 0) is 24.6 Å². The Balaban J connectivity index is 1.65. The van der Waals surface area contributed by atoms with Crippen LogP contribution in [-0.2, 0) is 6.42 Å². The summed E-state index contributed by atoms with van der Waals surface area (Å²) in [5.41, 5.74) is 2.05. The number of imidazole rings is 1. The zero-order chi connectivity index (χ0) is 19.5. The van der Waals surface area contributed by atoms with Gasteiger partial charge in [0, 0.05) is 24.9 Å². The van der Waals surface area contributed by atoms with Gasteiger partial charge in [0.15, 0.2) is 11.2 Å². The molecule has 6 heteroatoms. The average Bonchev–Trinajstić information content (AvgIpc) is 3.21. The summed E-state index contributed by atoms with van der Waals surface area (Å²) < 4.78 is 5.70.